The highest BCUT2D eigenvalue weighted by Crippen LogP contribution is 2.13. The molecule has 0 unspecified atom stereocenters. The van der Waals surface area contributed by atoms with Gasteiger partial charge >= 0.3 is 0 Å². The van der Waals surface area contributed by atoms with Gasteiger partial charge in [-0.3, -0.25) is 0 Å². The van der Waals surface area contributed by atoms with Gasteiger partial charge in [0.15, 0.2) is 0 Å². The van der Waals surface area contributed by atoms with Crippen molar-refractivity contribution in [2.24, 2.45) is 5.41 Å². The maximum Gasteiger partial charge on any atom is 0.0123 e. The fraction of sp³-hybridized carbons (Fsp3) is 1.00. The molecular weight excluding hydrogens is 237 g/mol. The molecule has 0 aliphatic heterocycles. The van der Waals surface area contributed by atoms with Crippen LogP contribution in [0.15, 0.2) is 0 Å². The van der Waals surface area contributed by atoms with Gasteiger partial charge in [0.05, 0.1) is 0 Å². The third-order valence-corrected chi connectivity index (χ3v) is 1.69. The van der Waals surface area contributed by atoms with Crippen molar-refractivity contribution in [3.05, 3.63) is 0 Å². The standard InChI is InChI=1S/C8H18IN/c1-8(2,3)7-10(4)6-5-9/h5-7H2,1-4H3. The van der Waals surface area contributed by atoms with Crippen LogP contribution in [-0.2, 0) is 0 Å². The summed E-state index contributed by atoms with van der Waals surface area (Å²) < 4.78 is 1.23. The molecule has 0 rings (SSSR count). The number of alkyl halides is 1. The van der Waals surface area contributed by atoms with E-state index in [1.807, 2.05) is 0 Å². The Kier molecular flexibility index (Phi) is 4.86. The number of hydrogen-bond donors (Lipinski definition) is 0. The Labute approximate surface area is 78.3 Å². The molecule has 10 heavy (non-hydrogen) atoms. The zero-order valence-corrected chi connectivity index (χ0v) is 9.60. The molecule has 0 amide bonds. The Morgan fingerprint density at radius 1 is 1.30 bits per heavy atom. The van der Waals surface area contributed by atoms with Crippen molar-refractivity contribution < 1.29 is 0 Å². The number of nitrogens with zero attached hydrogens (tertiary/aromatic N) is 1. The molecule has 1 nitrogen and oxygen atoms in total. The fourth-order valence-corrected chi connectivity index (χ4v) is 1.86. The van der Waals surface area contributed by atoms with Crippen molar-refractivity contribution in [2.45, 2.75) is 20.8 Å². The molecule has 0 bridgehead atoms. The second kappa shape index (κ2) is 4.54. The van der Waals surface area contributed by atoms with Crippen LogP contribution in [-0.4, -0.2) is 29.5 Å². The van der Waals surface area contributed by atoms with Gasteiger partial charge < -0.3 is 4.90 Å². The van der Waals surface area contributed by atoms with Gasteiger partial charge in [0.25, 0.3) is 0 Å². The molecule has 0 saturated carbocycles. The lowest BCUT2D eigenvalue weighted by molar-refractivity contribution is 0.238. The summed E-state index contributed by atoms with van der Waals surface area (Å²) in [5.41, 5.74) is 0.445. The van der Waals surface area contributed by atoms with E-state index >= 15 is 0 Å². The average Bonchev–Trinajstić information content (AvgIpc) is 1.59. The summed E-state index contributed by atoms with van der Waals surface area (Å²) in [5.74, 6) is 0. The molecule has 0 fully saturated rings. The van der Waals surface area contributed by atoms with Crippen LogP contribution in [0.3, 0.4) is 0 Å². The fourth-order valence-electron chi connectivity index (χ4n) is 1.03. The second-order valence-corrected chi connectivity index (χ2v) is 5.07. The first-order chi connectivity index (χ1) is 4.45. The third-order valence-electron chi connectivity index (χ3n) is 1.21. The lowest BCUT2D eigenvalue weighted by Crippen LogP contribution is -2.30. The predicted octanol–water partition coefficient (Wildman–Crippen LogP) is 2.40. The first-order valence-electron chi connectivity index (χ1n) is 3.70. The van der Waals surface area contributed by atoms with E-state index in [1.165, 1.54) is 17.5 Å². The van der Waals surface area contributed by atoms with Crippen LogP contribution in [0.5, 0.6) is 0 Å². The van der Waals surface area contributed by atoms with Crippen LogP contribution in [0.4, 0.5) is 0 Å². The summed E-state index contributed by atoms with van der Waals surface area (Å²) in [6.07, 6.45) is 0. The molecule has 0 radical (unpaired) electrons. The molecule has 0 aliphatic carbocycles. The number of rotatable bonds is 3. The van der Waals surface area contributed by atoms with E-state index in [4.69, 9.17) is 0 Å². The Morgan fingerprint density at radius 3 is 2.10 bits per heavy atom. The van der Waals surface area contributed by atoms with Gasteiger partial charge in [-0.25, -0.2) is 0 Å². The van der Waals surface area contributed by atoms with Crippen molar-refractivity contribution in [3.63, 3.8) is 0 Å². The molecule has 0 saturated heterocycles. The van der Waals surface area contributed by atoms with E-state index in [-0.39, 0.29) is 0 Å². The van der Waals surface area contributed by atoms with Crippen LogP contribution in [0.2, 0.25) is 0 Å². The molecule has 0 heterocycles. The van der Waals surface area contributed by atoms with E-state index in [9.17, 15) is 0 Å². The van der Waals surface area contributed by atoms with E-state index in [1.54, 1.807) is 0 Å². The van der Waals surface area contributed by atoms with E-state index < -0.39 is 0 Å². The van der Waals surface area contributed by atoms with Crippen LogP contribution < -0.4 is 0 Å². The van der Waals surface area contributed by atoms with E-state index in [0.29, 0.717) is 5.41 Å². The summed E-state index contributed by atoms with van der Waals surface area (Å²) in [6, 6.07) is 0. The molecule has 0 aromatic heterocycles. The van der Waals surface area contributed by atoms with Gasteiger partial charge in [0, 0.05) is 17.5 Å². The topological polar surface area (TPSA) is 3.24 Å². The maximum atomic E-state index is 2.41. The SMILES string of the molecule is CN(CCI)CC(C)(C)C. The van der Waals surface area contributed by atoms with Crippen molar-refractivity contribution in [1.82, 2.24) is 4.90 Å². The molecule has 0 aliphatic rings. The molecular formula is C8H18IN. The van der Waals surface area contributed by atoms with Gasteiger partial charge in [-0.2, -0.15) is 0 Å². The molecule has 0 aromatic carbocycles. The average molecular weight is 255 g/mol. The van der Waals surface area contributed by atoms with Crippen LogP contribution in [0.25, 0.3) is 0 Å². The maximum absolute atomic E-state index is 2.41. The van der Waals surface area contributed by atoms with Crippen LogP contribution in [0, 0.1) is 5.41 Å². The van der Waals surface area contributed by atoms with Crippen molar-refractivity contribution in [3.8, 4) is 0 Å². The van der Waals surface area contributed by atoms with Gasteiger partial charge in [0.1, 0.15) is 0 Å². The van der Waals surface area contributed by atoms with Gasteiger partial charge in [0.2, 0.25) is 0 Å². The number of hydrogen-bond acceptors (Lipinski definition) is 1. The van der Waals surface area contributed by atoms with E-state index in [0.717, 1.165) is 0 Å². The first-order valence-corrected chi connectivity index (χ1v) is 5.23. The summed E-state index contributed by atoms with van der Waals surface area (Å²) >= 11 is 2.41. The zero-order chi connectivity index (χ0) is 8.20. The van der Waals surface area contributed by atoms with Crippen molar-refractivity contribution >= 4 is 22.6 Å². The largest absolute Gasteiger partial charge is 0.305 e. The smallest absolute Gasteiger partial charge is 0.0123 e. The lowest BCUT2D eigenvalue weighted by atomic mass is 9.96. The minimum absolute atomic E-state index is 0.445. The molecule has 0 spiro atoms. The number of halogens is 1. The molecule has 0 atom stereocenters. The first kappa shape index (κ1) is 10.7. The third kappa shape index (κ3) is 6.81. The highest BCUT2D eigenvalue weighted by Gasteiger charge is 2.12. The van der Waals surface area contributed by atoms with Crippen LogP contribution in [0.1, 0.15) is 20.8 Å². The molecule has 0 aromatic rings. The summed E-state index contributed by atoms with van der Waals surface area (Å²) in [6.45, 7) is 9.22. The summed E-state index contributed by atoms with van der Waals surface area (Å²) in [4.78, 5) is 2.38. The highest BCUT2D eigenvalue weighted by atomic mass is 127. The Bertz CT molecular complexity index is 85.7. The summed E-state index contributed by atoms with van der Waals surface area (Å²) in [5, 5.41) is 0. The molecule has 0 N–H and O–H groups in total. The Hall–Kier alpha value is 0.690. The van der Waals surface area contributed by atoms with Crippen molar-refractivity contribution in [1.29, 1.82) is 0 Å². The van der Waals surface area contributed by atoms with Gasteiger partial charge in [-0.15, -0.1) is 0 Å². The zero-order valence-electron chi connectivity index (χ0n) is 7.45. The monoisotopic (exact) mass is 255 g/mol. The quantitative estimate of drug-likeness (QED) is 0.553. The Balaban J connectivity index is 3.47. The van der Waals surface area contributed by atoms with E-state index in [2.05, 4.69) is 55.3 Å². The lowest BCUT2D eigenvalue weighted by Gasteiger charge is -2.25. The summed E-state index contributed by atoms with van der Waals surface area (Å²) in [7, 11) is 2.18. The normalized spacial score (nSPS) is 12.6. The van der Waals surface area contributed by atoms with Crippen molar-refractivity contribution in [2.75, 3.05) is 24.6 Å². The Morgan fingerprint density at radius 2 is 1.80 bits per heavy atom. The van der Waals surface area contributed by atoms with Crippen LogP contribution >= 0.6 is 22.6 Å². The highest BCUT2D eigenvalue weighted by molar-refractivity contribution is 14.1. The molecule has 2 heteroatoms. The van der Waals surface area contributed by atoms with Gasteiger partial charge in [-0.05, 0) is 12.5 Å². The second-order valence-electron chi connectivity index (χ2n) is 3.99. The van der Waals surface area contributed by atoms with Gasteiger partial charge in [-0.1, -0.05) is 43.4 Å². The minimum atomic E-state index is 0.445. The minimum Gasteiger partial charge on any atom is -0.305 e. The predicted molar refractivity (Wildman–Crippen MR) is 55.8 cm³/mol. The molecule has 62 valence electrons.